The molecule has 0 spiro atoms. The van der Waals surface area contributed by atoms with Crippen LogP contribution >= 0.6 is 0 Å². The Balaban J connectivity index is 1.62. The first-order valence-electron chi connectivity index (χ1n) is 9.82. The molecule has 1 aliphatic rings. The van der Waals surface area contributed by atoms with Gasteiger partial charge in [-0.2, -0.15) is 0 Å². The van der Waals surface area contributed by atoms with Gasteiger partial charge < -0.3 is 23.7 Å². The number of aromatic nitrogens is 1. The molecule has 7 heteroatoms. The molecule has 0 saturated carbocycles. The van der Waals surface area contributed by atoms with Gasteiger partial charge in [0.1, 0.15) is 17.1 Å². The Bertz CT molecular complexity index is 781. The zero-order chi connectivity index (χ0) is 20.5. The van der Waals surface area contributed by atoms with E-state index in [1.54, 1.807) is 30.6 Å². The Morgan fingerprint density at radius 2 is 1.93 bits per heavy atom. The second-order valence-corrected chi connectivity index (χ2v) is 6.68. The number of esters is 1. The fourth-order valence-corrected chi connectivity index (χ4v) is 3.23. The van der Waals surface area contributed by atoms with Crippen LogP contribution in [0.25, 0.3) is 0 Å². The Morgan fingerprint density at radius 1 is 1.14 bits per heavy atom. The van der Waals surface area contributed by atoms with Crippen molar-refractivity contribution in [2.24, 2.45) is 0 Å². The van der Waals surface area contributed by atoms with Gasteiger partial charge in [-0.3, -0.25) is 4.98 Å². The van der Waals surface area contributed by atoms with Gasteiger partial charge in [0.2, 0.25) is 0 Å². The van der Waals surface area contributed by atoms with Gasteiger partial charge in [0, 0.05) is 12.8 Å². The van der Waals surface area contributed by atoms with Crippen molar-refractivity contribution in [3.8, 4) is 17.2 Å². The first-order chi connectivity index (χ1) is 14.2. The molecular weight excluding hydrogens is 374 g/mol. The number of hydrogen-bond donors (Lipinski definition) is 0. The molecule has 2 aromatic rings. The van der Waals surface area contributed by atoms with Crippen LogP contribution in [0.4, 0.5) is 0 Å². The van der Waals surface area contributed by atoms with Gasteiger partial charge in [0.25, 0.3) is 0 Å². The van der Waals surface area contributed by atoms with Crippen molar-refractivity contribution in [2.75, 3.05) is 27.4 Å². The van der Waals surface area contributed by atoms with Crippen molar-refractivity contribution in [3.63, 3.8) is 0 Å². The summed E-state index contributed by atoms with van der Waals surface area (Å²) in [7, 11) is 2.99. The monoisotopic (exact) mass is 401 g/mol. The van der Waals surface area contributed by atoms with Crippen LogP contribution in [-0.4, -0.2) is 44.7 Å². The lowest BCUT2D eigenvalue weighted by Crippen LogP contribution is -2.22. The summed E-state index contributed by atoms with van der Waals surface area (Å²) in [5, 5.41) is 0. The van der Waals surface area contributed by atoms with Crippen LogP contribution in [0.3, 0.4) is 0 Å². The normalized spacial score (nSPS) is 16.3. The number of carbonyl (C=O) groups excluding carboxylic acids is 1. The van der Waals surface area contributed by atoms with Gasteiger partial charge in [-0.1, -0.05) is 6.07 Å². The molecule has 3 rings (SSSR count). The average molecular weight is 401 g/mol. The smallest absolute Gasteiger partial charge is 0.351 e. The summed E-state index contributed by atoms with van der Waals surface area (Å²) in [6, 6.07) is 6.97. The Hall–Kier alpha value is -2.64. The van der Waals surface area contributed by atoms with E-state index in [4.69, 9.17) is 23.7 Å². The fourth-order valence-electron chi connectivity index (χ4n) is 3.23. The van der Waals surface area contributed by atoms with Gasteiger partial charge in [0.15, 0.2) is 12.0 Å². The third kappa shape index (κ3) is 5.68. The van der Waals surface area contributed by atoms with Crippen LogP contribution in [0.2, 0.25) is 0 Å². The number of hydrogen-bond acceptors (Lipinski definition) is 7. The first-order valence-corrected chi connectivity index (χ1v) is 9.82. The summed E-state index contributed by atoms with van der Waals surface area (Å²) in [6.45, 7) is 1.35. The molecule has 29 heavy (non-hydrogen) atoms. The average Bonchev–Trinajstić information content (AvgIpc) is 2.77. The lowest BCUT2D eigenvalue weighted by atomic mass is 10.1. The number of carbonyl (C=O) groups is 1. The SMILES string of the molecule is COc1cccc(OC)c1C(=O)Oc1cnccc1CCCOC1CCCCO1. The highest BCUT2D eigenvalue weighted by atomic mass is 16.7. The van der Waals surface area contributed by atoms with Gasteiger partial charge >= 0.3 is 5.97 Å². The minimum absolute atomic E-state index is 0.100. The Kier molecular flexibility index (Phi) is 7.84. The lowest BCUT2D eigenvalue weighted by molar-refractivity contribution is -0.162. The predicted octanol–water partition coefficient (Wildman–Crippen LogP) is 3.79. The number of nitrogens with zero attached hydrogens (tertiary/aromatic N) is 1. The minimum atomic E-state index is -0.555. The van der Waals surface area contributed by atoms with Crippen LogP contribution in [0.15, 0.2) is 36.7 Å². The van der Waals surface area contributed by atoms with Gasteiger partial charge in [-0.15, -0.1) is 0 Å². The molecule has 0 radical (unpaired) electrons. The molecule has 0 bridgehead atoms. The van der Waals surface area contributed by atoms with Crippen LogP contribution in [0, 0.1) is 0 Å². The summed E-state index contributed by atoms with van der Waals surface area (Å²) < 4.78 is 27.6. The van der Waals surface area contributed by atoms with Crippen molar-refractivity contribution in [1.82, 2.24) is 4.98 Å². The number of rotatable bonds is 9. The van der Waals surface area contributed by atoms with Crippen molar-refractivity contribution in [2.45, 2.75) is 38.4 Å². The molecule has 0 aliphatic carbocycles. The summed E-state index contributed by atoms with van der Waals surface area (Å²) in [4.78, 5) is 16.9. The van der Waals surface area contributed by atoms with E-state index in [0.29, 0.717) is 30.3 Å². The third-order valence-corrected chi connectivity index (χ3v) is 4.74. The lowest BCUT2D eigenvalue weighted by Gasteiger charge is -2.22. The summed E-state index contributed by atoms with van der Waals surface area (Å²) in [5.74, 6) is 0.640. The number of benzene rings is 1. The zero-order valence-electron chi connectivity index (χ0n) is 16.9. The van der Waals surface area contributed by atoms with E-state index >= 15 is 0 Å². The number of aryl methyl sites for hydroxylation is 1. The second kappa shape index (κ2) is 10.8. The molecule has 1 unspecified atom stereocenters. The van der Waals surface area contributed by atoms with Crippen LogP contribution in [0.5, 0.6) is 17.2 Å². The molecule has 7 nitrogen and oxygen atoms in total. The van der Waals surface area contributed by atoms with Crippen LogP contribution < -0.4 is 14.2 Å². The molecule has 1 aliphatic heterocycles. The molecule has 1 saturated heterocycles. The van der Waals surface area contributed by atoms with Crippen molar-refractivity contribution < 1.29 is 28.5 Å². The molecule has 0 amide bonds. The molecule has 156 valence electrons. The zero-order valence-corrected chi connectivity index (χ0v) is 16.9. The molecule has 0 N–H and O–H groups in total. The summed E-state index contributed by atoms with van der Waals surface area (Å²) >= 11 is 0. The quantitative estimate of drug-likeness (QED) is 0.467. The Labute approximate surface area is 170 Å². The van der Waals surface area contributed by atoms with E-state index in [1.807, 2.05) is 6.07 Å². The van der Waals surface area contributed by atoms with Crippen LogP contribution in [0.1, 0.15) is 41.6 Å². The summed E-state index contributed by atoms with van der Waals surface area (Å²) in [5.41, 5.74) is 1.13. The maximum Gasteiger partial charge on any atom is 0.351 e. The van der Waals surface area contributed by atoms with E-state index < -0.39 is 5.97 Å². The van der Waals surface area contributed by atoms with Gasteiger partial charge in [-0.25, -0.2) is 4.79 Å². The van der Waals surface area contributed by atoms with E-state index in [2.05, 4.69) is 4.98 Å². The maximum atomic E-state index is 12.8. The van der Waals surface area contributed by atoms with E-state index in [1.165, 1.54) is 14.2 Å². The molecule has 1 atom stereocenters. The summed E-state index contributed by atoms with van der Waals surface area (Å²) in [6.07, 6.45) is 7.79. The highest BCUT2D eigenvalue weighted by molar-refractivity contribution is 5.97. The van der Waals surface area contributed by atoms with Gasteiger partial charge in [-0.05, 0) is 55.9 Å². The van der Waals surface area contributed by atoms with E-state index in [-0.39, 0.29) is 11.9 Å². The molecule has 1 aromatic carbocycles. The second-order valence-electron chi connectivity index (χ2n) is 6.68. The Morgan fingerprint density at radius 3 is 2.62 bits per heavy atom. The van der Waals surface area contributed by atoms with Crippen molar-refractivity contribution in [3.05, 3.63) is 47.8 Å². The third-order valence-electron chi connectivity index (χ3n) is 4.74. The maximum absolute atomic E-state index is 12.8. The topological polar surface area (TPSA) is 76.1 Å². The largest absolute Gasteiger partial charge is 0.496 e. The number of methoxy groups -OCH3 is 2. The van der Waals surface area contributed by atoms with Gasteiger partial charge in [0.05, 0.1) is 27.0 Å². The minimum Gasteiger partial charge on any atom is -0.496 e. The van der Waals surface area contributed by atoms with Crippen LogP contribution in [-0.2, 0) is 15.9 Å². The highest BCUT2D eigenvalue weighted by Gasteiger charge is 2.21. The molecule has 2 heterocycles. The molecular formula is C22H27NO6. The first kappa shape index (κ1) is 21.1. The van der Waals surface area contributed by atoms with Crippen molar-refractivity contribution in [1.29, 1.82) is 0 Å². The number of pyridine rings is 1. The molecule has 1 fully saturated rings. The standard InChI is InChI=1S/C22H27NO6/c1-25-17-8-5-9-18(26-2)21(17)22(24)29-19-15-23-12-11-16(19)7-6-14-28-20-10-3-4-13-27-20/h5,8-9,11-12,15,20H,3-4,6-7,10,13-14H2,1-2H3. The van der Waals surface area contributed by atoms with E-state index in [0.717, 1.165) is 37.9 Å². The van der Waals surface area contributed by atoms with Crippen molar-refractivity contribution >= 4 is 5.97 Å². The molecule has 1 aromatic heterocycles. The highest BCUT2D eigenvalue weighted by Crippen LogP contribution is 2.30. The predicted molar refractivity (Wildman–Crippen MR) is 107 cm³/mol. The number of ether oxygens (including phenoxy) is 5. The van der Waals surface area contributed by atoms with E-state index in [9.17, 15) is 4.79 Å². The fraction of sp³-hybridized carbons (Fsp3) is 0.455.